The standard InChI is InChI=1S/C18H27N5O2.2ClH/c1-2-10-25-16-5-4-13(11-15(16)19)17(24)20-8-6-14-12-23-9-3-7-21-18(23)22-14;;/h3,7,9,12-13,15-16H,2,4-6,8,10-11,19H2,1H3,(H,20,24);2*1H/t13-,15+,16+;;/m0../s1. The Morgan fingerprint density at radius 1 is 1.41 bits per heavy atom. The van der Waals surface area contributed by atoms with Crippen LogP contribution in [0.25, 0.3) is 5.78 Å². The predicted octanol–water partition coefficient (Wildman–Crippen LogP) is 2.15. The summed E-state index contributed by atoms with van der Waals surface area (Å²) >= 11 is 0. The van der Waals surface area contributed by atoms with Crippen molar-refractivity contribution in [2.45, 2.75) is 51.2 Å². The number of ether oxygens (including phenoxy) is 1. The Balaban J connectivity index is 0.00000182. The van der Waals surface area contributed by atoms with E-state index in [-0.39, 0.29) is 48.8 Å². The van der Waals surface area contributed by atoms with Gasteiger partial charge in [-0.15, -0.1) is 24.8 Å². The maximum atomic E-state index is 12.4. The molecule has 2 heterocycles. The van der Waals surface area contributed by atoms with Gasteiger partial charge in [0, 0.05) is 50.1 Å². The van der Waals surface area contributed by atoms with E-state index < -0.39 is 0 Å². The zero-order valence-corrected chi connectivity index (χ0v) is 17.2. The number of fused-ring (bicyclic) bond motifs is 1. The van der Waals surface area contributed by atoms with Crippen LogP contribution in [0.1, 0.15) is 38.3 Å². The second-order valence-corrected chi connectivity index (χ2v) is 6.68. The Labute approximate surface area is 172 Å². The summed E-state index contributed by atoms with van der Waals surface area (Å²) in [4.78, 5) is 21.0. The van der Waals surface area contributed by atoms with E-state index in [0.717, 1.165) is 31.6 Å². The molecule has 2 aromatic rings. The van der Waals surface area contributed by atoms with Gasteiger partial charge in [-0.1, -0.05) is 6.92 Å². The first-order valence-electron chi connectivity index (χ1n) is 9.11. The number of rotatable bonds is 7. The molecule has 3 N–H and O–H groups in total. The number of nitrogens with zero attached hydrogens (tertiary/aromatic N) is 3. The summed E-state index contributed by atoms with van der Waals surface area (Å²) in [7, 11) is 0. The summed E-state index contributed by atoms with van der Waals surface area (Å²) < 4.78 is 7.65. The monoisotopic (exact) mass is 417 g/mol. The fraction of sp³-hybridized carbons (Fsp3) is 0.611. The number of carbonyl (C=O) groups excluding carboxylic acids is 1. The number of hydrogen-bond acceptors (Lipinski definition) is 5. The summed E-state index contributed by atoms with van der Waals surface area (Å²) in [5, 5.41) is 3.02. The van der Waals surface area contributed by atoms with E-state index in [2.05, 4.69) is 22.2 Å². The SMILES string of the molecule is CCCO[C@@H]1CC[C@H](C(=O)NCCc2cn3cccnc3n2)C[C@H]1N.Cl.Cl. The minimum Gasteiger partial charge on any atom is -0.377 e. The summed E-state index contributed by atoms with van der Waals surface area (Å²) in [5.74, 6) is 0.755. The molecule has 3 rings (SSSR count). The van der Waals surface area contributed by atoms with Gasteiger partial charge in [-0.3, -0.25) is 9.20 Å². The molecule has 0 bridgehead atoms. The molecule has 0 radical (unpaired) electrons. The molecule has 152 valence electrons. The molecule has 1 aliphatic rings. The fourth-order valence-corrected chi connectivity index (χ4v) is 3.35. The Morgan fingerprint density at radius 2 is 2.22 bits per heavy atom. The third-order valence-electron chi connectivity index (χ3n) is 4.71. The van der Waals surface area contributed by atoms with E-state index >= 15 is 0 Å². The fourth-order valence-electron chi connectivity index (χ4n) is 3.35. The number of nitrogens with one attached hydrogen (secondary N) is 1. The number of imidazole rings is 1. The van der Waals surface area contributed by atoms with Crippen LogP contribution in [0.2, 0.25) is 0 Å². The number of halogens is 2. The maximum absolute atomic E-state index is 12.4. The number of hydrogen-bond donors (Lipinski definition) is 2. The molecule has 1 fully saturated rings. The van der Waals surface area contributed by atoms with Crippen LogP contribution in [0.5, 0.6) is 0 Å². The quantitative estimate of drug-likeness (QED) is 0.719. The average molecular weight is 418 g/mol. The second-order valence-electron chi connectivity index (χ2n) is 6.68. The highest BCUT2D eigenvalue weighted by Gasteiger charge is 2.32. The van der Waals surface area contributed by atoms with Gasteiger partial charge in [0.05, 0.1) is 11.8 Å². The van der Waals surface area contributed by atoms with Gasteiger partial charge in [0.2, 0.25) is 11.7 Å². The van der Waals surface area contributed by atoms with E-state index in [1.54, 1.807) is 6.20 Å². The van der Waals surface area contributed by atoms with Crippen molar-refractivity contribution >= 4 is 36.5 Å². The molecule has 1 aliphatic carbocycles. The van der Waals surface area contributed by atoms with Crippen LogP contribution in [0.4, 0.5) is 0 Å². The molecular weight excluding hydrogens is 389 g/mol. The van der Waals surface area contributed by atoms with E-state index in [1.165, 1.54) is 0 Å². The van der Waals surface area contributed by atoms with Crippen LogP contribution in [-0.4, -0.2) is 45.6 Å². The smallest absolute Gasteiger partial charge is 0.233 e. The van der Waals surface area contributed by atoms with Gasteiger partial charge >= 0.3 is 0 Å². The molecule has 1 amide bonds. The average Bonchev–Trinajstić information content (AvgIpc) is 3.03. The van der Waals surface area contributed by atoms with Gasteiger partial charge in [-0.2, -0.15) is 0 Å². The molecule has 1 saturated carbocycles. The van der Waals surface area contributed by atoms with Crippen molar-refractivity contribution in [3.8, 4) is 0 Å². The Morgan fingerprint density at radius 3 is 2.93 bits per heavy atom. The van der Waals surface area contributed by atoms with Crippen LogP contribution in [0.15, 0.2) is 24.7 Å². The third kappa shape index (κ3) is 6.31. The van der Waals surface area contributed by atoms with Gasteiger partial charge in [-0.05, 0) is 31.7 Å². The lowest BCUT2D eigenvalue weighted by Crippen LogP contribution is -2.46. The number of amides is 1. The number of aromatic nitrogens is 3. The van der Waals surface area contributed by atoms with Crippen molar-refractivity contribution in [3.63, 3.8) is 0 Å². The first-order valence-corrected chi connectivity index (χ1v) is 9.11. The highest BCUT2D eigenvalue weighted by molar-refractivity contribution is 5.85. The van der Waals surface area contributed by atoms with Crippen LogP contribution in [0.3, 0.4) is 0 Å². The molecule has 0 aromatic carbocycles. The van der Waals surface area contributed by atoms with Gasteiger partial charge in [0.1, 0.15) is 0 Å². The molecule has 3 atom stereocenters. The molecule has 9 heteroatoms. The van der Waals surface area contributed by atoms with Crippen molar-refractivity contribution in [2.75, 3.05) is 13.2 Å². The van der Waals surface area contributed by atoms with E-state index in [1.807, 2.05) is 22.9 Å². The van der Waals surface area contributed by atoms with Crippen molar-refractivity contribution in [1.29, 1.82) is 0 Å². The number of carbonyl (C=O) groups is 1. The second kappa shape index (κ2) is 11.4. The third-order valence-corrected chi connectivity index (χ3v) is 4.71. The van der Waals surface area contributed by atoms with E-state index in [0.29, 0.717) is 25.2 Å². The van der Waals surface area contributed by atoms with Crippen LogP contribution in [0, 0.1) is 5.92 Å². The number of nitrogens with two attached hydrogens (primary N) is 1. The molecule has 2 aromatic heterocycles. The molecule has 7 nitrogen and oxygen atoms in total. The summed E-state index contributed by atoms with van der Waals surface area (Å²) in [5.41, 5.74) is 7.11. The molecule has 0 aliphatic heterocycles. The van der Waals surface area contributed by atoms with Crippen molar-refractivity contribution < 1.29 is 9.53 Å². The van der Waals surface area contributed by atoms with Crippen LogP contribution in [-0.2, 0) is 16.0 Å². The van der Waals surface area contributed by atoms with Crippen molar-refractivity contribution in [3.05, 3.63) is 30.4 Å². The molecule has 0 unspecified atom stereocenters. The molecule has 0 spiro atoms. The molecule has 27 heavy (non-hydrogen) atoms. The maximum Gasteiger partial charge on any atom is 0.233 e. The van der Waals surface area contributed by atoms with Crippen molar-refractivity contribution in [1.82, 2.24) is 19.7 Å². The van der Waals surface area contributed by atoms with Crippen molar-refractivity contribution in [2.24, 2.45) is 11.7 Å². The summed E-state index contributed by atoms with van der Waals surface area (Å²) in [6, 6.07) is 1.81. The van der Waals surface area contributed by atoms with Gasteiger partial charge in [-0.25, -0.2) is 9.97 Å². The lowest BCUT2D eigenvalue weighted by molar-refractivity contribution is -0.127. The Hall–Kier alpha value is -1.41. The van der Waals surface area contributed by atoms with E-state index in [4.69, 9.17) is 10.5 Å². The minimum atomic E-state index is -0.0550. The van der Waals surface area contributed by atoms with E-state index in [9.17, 15) is 4.79 Å². The molecular formula is C18H29Cl2N5O2. The first-order chi connectivity index (χ1) is 12.2. The Kier molecular flexibility index (Phi) is 10.0. The topological polar surface area (TPSA) is 94.5 Å². The van der Waals surface area contributed by atoms with Gasteiger partial charge in [0.25, 0.3) is 0 Å². The largest absolute Gasteiger partial charge is 0.377 e. The van der Waals surface area contributed by atoms with Gasteiger partial charge in [0.15, 0.2) is 0 Å². The first kappa shape index (κ1) is 23.6. The lowest BCUT2D eigenvalue weighted by Gasteiger charge is -2.33. The zero-order chi connectivity index (χ0) is 17.6. The van der Waals surface area contributed by atoms with Crippen LogP contribution < -0.4 is 11.1 Å². The van der Waals surface area contributed by atoms with Gasteiger partial charge < -0.3 is 15.8 Å². The highest BCUT2D eigenvalue weighted by Crippen LogP contribution is 2.26. The normalized spacial score (nSPS) is 21.9. The Bertz CT molecular complexity index is 679. The zero-order valence-electron chi connectivity index (χ0n) is 15.5. The van der Waals surface area contributed by atoms with Crippen LogP contribution >= 0.6 is 24.8 Å². The summed E-state index contributed by atoms with van der Waals surface area (Å²) in [6.07, 6.45) is 9.74. The molecule has 0 saturated heterocycles. The summed E-state index contributed by atoms with van der Waals surface area (Å²) in [6.45, 7) is 3.40. The lowest BCUT2D eigenvalue weighted by atomic mass is 9.83. The highest BCUT2D eigenvalue weighted by atomic mass is 35.5. The predicted molar refractivity (Wildman–Crippen MR) is 110 cm³/mol. The minimum absolute atomic E-state index is 0.